The van der Waals surface area contributed by atoms with E-state index in [0.717, 1.165) is 19.3 Å². The Morgan fingerprint density at radius 3 is 2.62 bits per heavy atom. The van der Waals surface area contributed by atoms with Crippen molar-refractivity contribution in [1.82, 2.24) is 0 Å². The van der Waals surface area contributed by atoms with E-state index >= 15 is 0 Å². The Labute approximate surface area is 126 Å². The van der Waals surface area contributed by atoms with E-state index in [2.05, 4.69) is 13.8 Å². The summed E-state index contributed by atoms with van der Waals surface area (Å²) in [6.45, 7) is 6.46. The summed E-state index contributed by atoms with van der Waals surface area (Å²) < 4.78 is 17.9. The Morgan fingerprint density at radius 2 is 1.86 bits per heavy atom. The van der Waals surface area contributed by atoms with Crippen LogP contribution < -0.4 is 0 Å². The molecule has 4 aliphatic heterocycles. The molecule has 21 heavy (non-hydrogen) atoms. The predicted octanol–water partition coefficient (Wildman–Crippen LogP) is 2.84. The molecule has 4 heterocycles. The van der Waals surface area contributed by atoms with Crippen molar-refractivity contribution in [3.8, 4) is 0 Å². The van der Waals surface area contributed by atoms with Crippen molar-refractivity contribution in [3.05, 3.63) is 0 Å². The van der Waals surface area contributed by atoms with Gasteiger partial charge in [-0.1, -0.05) is 13.8 Å². The fraction of sp³-hybridized carbons (Fsp3) is 1.00. The lowest BCUT2D eigenvalue weighted by Gasteiger charge is -2.60. The second-order valence-corrected chi connectivity index (χ2v) is 7.51. The molecule has 4 saturated heterocycles. The Balaban J connectivity index is 1.79. The van der Waals surface area contributed by atoms with Crippen molar-refractivity contribution in [3.63, 3.8) is 0 Å². The zero-order valence-electron chi connectivity index (χ0n) is 13.3. The van der Waals surface area contributed by atoms with Gasteiger partial charge in [-0.05, 0) is 38.0 Å². The molecule has 1 aliphatic carbocycles. The van der Waals surface area contributed by atoms with Crippen LogP contribution in [0, 0.1) is 23.7 Å². The zero-order chi connectivity index (χ0) is 14.8. The fourth-order valence-corrected chi connectivity index (χ4v) is 5.14. The van der Waals surface area contributed by atoms with E-state index in [9.17, 15) is 0 Å². The van der Waals surface area contributed by atoms with Crippen LogP contribution in [0.4, 0.5) is 0 Å². The van der Waals surface area contributed by atoms with Crippen molar-refractivity contribution < 1.29 is 24.0 Å². The van der Waals surface area contributed by atoms with Gasteiger partial charge < -0.3 is 14.2 Å². The van der Waals surface area contributed by atoms with Crippen LogP contribution in [-0.2, 0) is 24.0 Å². The van der Waals surface area contributed by atoms with Crippen molar-refractivity contribution in [2.75, 3.05) is 7.11 Å². The van der Waals surface area contributed by atoms with Gasteiger partial charge in [-0.3, -0.25) is 0 Å². The van der Waals surface area contributed by atoms with Crippen molar-refractivity contribution in [1.29, 1.82) is 0 Å². The molecule has 5 nitrogen and oxygen atoms in total. The third kappa shape index (κ3) is 1.81. The van der Waals surface area contributed by atoms with E-state index in [-0.39, 0.29) is 12.2 Å². The van der Waals surface area contributed by atoms with Crippen LogP contribution in [-0.4, -0.2) is 31.1 Å². The van der Waals surface area contributed by atoms with Gasteiger partial charge in [0.15, 0.2) is 18.2 Å². The largest absolute Gasteiger partial charge is 0.355 e. The molecular weight excluding hydrogens is 272 g/mol. The van der Waals surface area contributed by atoms with E-state index in [4.69, 9.17) is 24.0 Å². The number of methoxy groups -OCH3 is 1. The first-order chi connectivity index (χ1) is 10.00. The van der Waals surface area contributed by atoms with Crippen LogP contribution in [0.5, 0.6) is 0 Å². The first-order valence-electron chi connectivity index (χ1n) is 8.23. The van der Waals surface area contributed by atoms with Gasteiger partial charge >= 0.3 is 0 Å². The number of hydrogen-bond acceptors (Lipinski definition) is 5. The maximum Gasteiger partial charge on any atom is 0.201 e. The highest BCUT2D eigenvalue weighted by Gasteiger charge is 2.69. The minimum Gasteiger partial charge on any atom is -0.355 e. The van der Waals surface area contributed by atoms with Crippen LogP contribution in [0.1, 0.15) is 46.5 Å². The normalized spacial score (nSPS) is 59.4. The summed E-state index contributed by atoms with van der Waals surface area (Å²) in [6.07, 6.45) is 3.64. The van der Waals surface area contributed by atoms with Crippen molar-refractivity contribution in [2.24, 2.45) is 23.7 Å². The molecule has 0 aromatic rings. The summed E-state index contributed by atoms with van der Waals surface area (Å²) in [7, 11) is 1.70. The summed E-state index contributed by atoms with van der Waals surface area (Å²) in [4.78, 5) is 11.8. The minimum absolute atomic E-state index is 0.230. The molecule has 1 spiro atoms. The van der Waals surface area contributed by atoms with Crippen molar-refractivity contribution in [2.45, 2.75) is 70.4 Å². The van der Waals surface area contributed by atoms with Gasteiger partial charge in [-0.15, -0.1) is 0 Å². The monoisotopic (exact) mass is 298 g/mol. The average Bonchev–Trinajstić information content (AvgIpc) is 2.69. The molecule has 0 amide bonds. The summed E-state index contributed by atoms with van der Waals surface area (Å²) >= 11 is 0. The smallest absolute Gasteiger partial charge is 0.201 e. The van der Waals surface area contributed by atoms with E-state index in [1.165, 1.54) is 6.42 Å². The van der Waals surface area contributed by atoms with Crippen LogP contribution >= 0.6 is 0 Å². The van der Waals surface area contributed by atoms with Gasteiger partial charge in [-0.2, -0.15) is 0 Å². The first kappa shape index (κ1) is 14.4. The average molecular weight is 298 g/mol. The molecule has 0 radical (unpaired) electrons. The molecule has 1 saturated carbocycles. The van der Waals surface area contributed by atoms with Gasteiger partial charge in [0.05, 0.1) is 0 Å². The second-order valence-electron chi connectivity index (χ2n) is 7.51. The molecule has 0 aromatic heterocycles. The summed E-state index contributed by atoms with van der Waals surface area (Å²) in [5.74, 6) is 0.953. The fourth-order valence-electron chi connectivity index (χ4n) is 5.14. The van der Waals surface area contributed by atoms with Crippen molar-refractivity contribution >= 4 is 0 Å². The third-order valence-electron chi connectivity index (χ3n) is 6.33. The first-order valence-corrected chi connectivity index (χ1v) is 8.23. The van der Waals surface area contributed by atoms with Gasteiger partial charge in [0, 0.05) is 25.4 Å². The van der Waals surface area contributed by atoms with Gasteiger partial charge in [0.25, 0.3) is 0 Å². The predicted molar refractivity (Wildman–Crippen MR) is 73.8 cm³/mol. The molecule has 0 aromatic carbocycles. The Hall–Kier alpha value is -0.200. The highest BCUT2D eigenvalue weighted by atomic mass is 17.3. The summed E-state index contributed by atoms with van der Waals surface area (Å²) in [5, 5.41) is 0. The highest BCUT2D eigenvalue weighted by molar-refractivity contribution is 5.08. The molecule has 0 N–H and O–H groups in total. The van der Waals surface area contributed by atoms with Gasteiger partial charge in [0.2, 0.25) is 5.79 Å². The van der Waals surface area contributed by atoms with Crippen LogP contribution in [0.15, 0.2) is 0 Å². The SMILES string of the molecule is CO[C@H]1O[C@@H]2O[C@]3(C)CC[C@@H]4[C@H](C)CC[C@H]([C@H]1C)[C@@]24OO3. The van der Waals surface area contributed by atoms with E-state index in [1.54, 1.807) is 7.11 Å². The molecule has 5 heteroatoms. The third-order valence-corrected chi connectivity index (χ3v) is 6.33. The number of fused-ring (bicyclic) bond motifs is 2. The number of ether oxygens (including phenoxy) is 3. The lowest BCUT2D eigenvalue weighted by atomic mass is 9.58. The lowest BCUT2D eigenvalue weighted by molar-refractivity contribution is -0.577. The minimum atomic E-state index is -0.698. The lowest BCUT2D eigenvalue weighted by Crippen LogP contribution is -2.70. The van der Waals surface area contributed by atoms with Gasteiger partial charge in [0.1, 0.15) is 0 Å². The Bertz CT molecular complexity index is 429. The summed E-state index contributed by atoms with van der Waals surface area (Å²) in [6, 6.07) is 0. The topological polar surface area (TPSA) is 46.2 Å². The number of hydrogen-bond donors (Lipinski definition) is 0. The van der Waals surface area contributed by atoms with E-state index in [1.807, 2.05) is 6.92 Å². The molecule has 0 unspecified atom stereocenters. The number of rotatable bonds is 1. The second kappa shape index (κ2) is 4.65. The molecular formula is C16H26O5. The zero-order valence-corrected chi connectivity index (χ0v) is 13.3. The Kier molecular flexibility index (Phi) is 3.19. The van der Waals surface area contributed by atoms with Crippen LogP contribution in [0.25, 0.3) is 0 Å². The molecule has 5 aliphatic rings. The van der Waals surface area contributed by atoms with Crippen LogP contribution in [0.2, 0.25) is 0 Å². The molecule has 2 bridgehead atoms. The van der Waals surface area contributed by atoms with E-state index < -0.39 is 17.7 Å². The molecule has 120 valence electrons. The quantitative estimate of drug-likeness (QED) is 0.697. The Morgan fingerprint density at radius 1 is 1.05 bits per heavy atom. The molecule has 5 fully saturated rings. The molecule has 8 atom stereocenters. The highest BCUT2D eigenvalue weighted by Crippen LogP contribution is 2.60. The van der Waals surface area contributed by atoms with Crippen LogP contribution in [0.3, 0.4) is 0 Å². The standard InChI is InChI=1S/C16H26O5/c1-9-5-6-12-10(2)13(17-4)18-14-16(12)11(9)7-8-15(3,19-14)20-21-16/h9-14H,5-8H2,1-4H3/t9-,10-,11-,12-,13+,14-,15+,16-/m1/s1. The summed E-state index contributed by atoms with van der Waals surface area (Å²) in [5.41, 5.74) is -0.470. The maximum atomic E-state index is 6.21. The van der Waals surface area contributed by atoms with E-state index in [0.29, 0.717) is 17.8 Å². The van der Waals surface area contributed by atoms with Gasteiger partial charge in [-0.25, -0.2) is 9.78 Å². The molecule has 5 rings (SSSR count). The maximum absolute atomic E-state index is 6.21.